The maximum absolute atomic E-state index is 12.7. The van der Waals surface area contributed by atoms with Gasteiger partial charge in [0.05, 0.1) is 18.6 Å². The molecule has 1 aromatic rings. The van der Waals surface area contributed by atoms with Crippen molar-refractivity contribution in [1.29, 1.82) is 0 Å². The molecule has 0 spiro atoms. The molecule has 2 fully saturated rings. The topological polar surface area (TPSA) is 70.1 Å². The number of carboxylic acid groups (broad SMARTS) is 1. The fraction of sp³-hybridized carbons (Fsp3) is 0.556. The molecule has 6 nitrogen and oxygen atoms in total. The molecule has 2 atom stereocenters. The van der Waals surface area contributed by atoms with Crippen molar-refractivity contribution in [2.45, 2.75) is 19.5 Å². The first-order valence-electron chi connectivity index (χ1n) is 8.46. The van der Waals surface area contributed by atoms with E-state index in [4.69, 9.17) is 4.74 Å². The van der Waals surface area contributed by atoms with E-state index in [0.29, 0.717) is 39.3 Å². The molecule has 3 aliphatic heterocycles. The Labute approximate surface area is 141 Å². The zero-order valence-electron chi connectivity index (χ0n) is 13.6. The van der Waals surface area contributed by atoms with Crippen LogP contribution in [0.2, 0.25) is 0 Å². The van der Waals surface area contributed by atoms with Crippen molar-refractivity contribution >= 4 is 11.9 Å². The Morgan fingerprint density at radius 3 is 2.58 bits per heavy atom. The SMILES string of the molecule is O=C(CN1Cc2ccccc2C1)N1C[C@@H]2COCC[C@]2(C(=O)O)C1. The van der Waals surface area contributed by atoms with Gasteiger partial charge in [0.1, 0.15) is 0 Å². The van der Waals surface area contributed by atoms with Crippen LogP contribution in [-0.4, -0.2) is 59.6 Å². The lowest BCUT2D eigenvalue weighted by molar-refractivity contribution is -0.157. The van der Waals surface area contributed by atoms with Crippen LogP contribution in [0.5, 0.6) is 0 Å². The number of ether oxygens (including phenoxy) is 1. The van der Waals surface area contributed by atoms with Crippen molar-refractivity contribution in [1.82, 2.24) is 9.80 Å². The molecule has 4 rings (SSSR count). The highest BCUT2D eigenvalue weighted by Gasteiger charge is 2.54. The van der Waals surface area contributed by atoms with Gasteiger partial charge in [0.2, 0.25) is 5.91 Å². The lowest BCUT2D eigenvalue weighted by Gasteiger charge is -2.33. The normalized spacial score (nSPS) is 29.3. The van der Waals surface area contributed by atoms with Crippen LogP contribution in [0.3, 0.4) is 0 Å². The van der Waals surface area contributed by atoms with Crippen molar-refractivity contribution in [3.8, 4) is 0 Å². The van der Waals surface area contributed by atoms with Gasteiger partial charge in [-0.25, -0.2) is 0 Å². The quantitative estimate of drug-likeness (QED) is 0.894. The number of aliphatic carboxylic acids is 1. The number of amides is 1. The summed E-state index contributed by atoms with van der Waals surface area (Å²) in [5, 5.41) is 9.70. The molecule has 3 heterocycles. The van der Waals surface area contributed by atoms with Crippen LogP contribution in [0.4, 0.5) is 0 Å². The van der Waals surface area contributed by atoms with Crippen LogP contribution in [0.1, 0.15) is 17.5 Å². The molecule has 0 radical (unpaired) electrons. The van der Waals surface area contributed by atoms with Gasteiger partial charge in [-0.3, -0.25) is 14.5 Å². The van der Waals surface area contributed by atoms with Gasteiger partial charge in [0, 0.05) is 38.7 Å². The molecule has 1 aromatic carbocycles. The van der Waals surface area contributed by atoms with E-state index in [9.17, 15) is 14.7 Å². The Hall–Kier alpha value is -1.92. The molecular weight excluding hydrogens is 308 g/mol. The fourth-order valence-electron chi connectivity index (χ4n) is 4.30. The summed E-state index contributed by atoms with van der Waals surface area (Å²) in [6, 6.07) is 8.24. The third-order valence-electron chi connectivity index (χ3n) is 5.75. The van der Waals surface area contributed by atoms with Gasteiger partial charge in [-0.1, -0.05) is 24.3 Å². The van der Waals surface area contributed by atoms with Crippen LogP contribution in [0.25, 0.3) is 0 Å². The second kappa shape index (κ2) is 5.86. The number of carboxylic acids is 1. The van der Waals surface area contributed by atoms with E-state index in [1.165, 1.54) is 11.1 Å². The second-order valence-electron chi connectivity index (χ2n) is 7.17. The van der Waals surface area contributed by atoms with Crippen molar-refractivity contribution < 1.29 is 19.4 Å². The zero-order valence-corrected chi connectivity index (χ0v) is 13.6. The third-order valence-corrected chi connectivity index (χ3v) is 5.75. The first kappa shape index (κ1) is 15.6. The van der Waals surface area contributed by atoms with Crippen molar-refractivity contribution in [2.75, 3.05) is 32.8 Å². The van der Waals surface area contributed by atoms with Crippen LogP contribution >= 0.6 is 0 Å². The van der Waals surface area contributed by atoms with Gasteiger partial charge in [-0.15, -0.1) is 0 Å². The standard InChI is InChI=1S/C18H22N2O4/c21-16(10-19-7-13-3-1-2-4-14(13)8-19)20-9-15-11-24-6-5-18(15,12-20)17(22)23/h1-4,15H,5-12H2,(H,22,23)/t15-,18+/m1/s1. The largest absolute Gasteiger partial charge is 0.481 e. The Bertz CT molecular complexity index is 652. The number of fused-ring (bicyclic) bond motifs is 2. The van der Waals surface area contributed by atoms with Crippen molar-refractivity contribution in [3.05, 3.63) is 35.4 Å². The maximum atomic E-state index is 12.7. The lowest BCUT2D eigenvalue weighted by atomic mass is 9.74. The number of nitrogens with zero attached hydrogens (tertiary/aromatic N) is 2. The van der Waals surface area contributed by atoms with E-state index in [1.807, 2.05) is 12.1 Å². The van der Waals surface area contributed by atoms with E-state index in [1.54, 1.807) is 4.90 Å². The number of likely N-dealkylation sites (tertiary alicyclic amines) is 1. The van der Waals surface area contributed by atoms with Crippen molar-refractivity contribution in [3.63, 3.8) is 0 Å². The van der Waals surface area contributed by atoms with E-state index in [2.05, 4.69) is 17.0 Å². The van der Waals surface area contributed by atoms with Gasteiger partial charge in [0.15, 0.2) is 0 Å². The summed E-state index contributed by atoms with van der Waals surface area (Å²) >= 11 is 0. The minimum absolute atomic E-state index is 0.0258. The number of carbonyl (C=O) groups excluding carboxylic acids is 1. The molecule has 6 heteroatoms. The first-order chi connectivity index (χ1) is 11.6. The Balaban J connectivity index is 1.42. The number of hydrogen-bond acceptors (Lipinski definition) is 4. The highest BCUT2D eigenvalue weighted by molar-refractivity contribution is 5.82. The summed E-state index contributed by atoms with van der Waals surface area (Å²) in [7, 11) is 0. The number of rotatable bonds is 3. The zero-order chi connectivity index (χ0) is 16.7. The molecule has 0 bridgehead atoms. The fourth-order valence-corrected chi connectivity index (χ4v) is 4.30. The molecule has 128 valence electrons. The van der Waals surface area contributed by atoms with Gasteiger partial charge < -0.3 is 14.7 Å². The first-order valence-corrected chi connectivity index (χ1v) is 8.46. The molecule has 0 unspecified atom stereocenters. The Morgan fingerprint density at radius 2 is 1.96 bits per heavy atom. The van der Waals surface area contributed by atoms with Gasteiger partial charge in [-0.2, -0.15) is 0 Å². The highest BCUT2D eigenvalue weighted by atomic mass is 16.5. The number of hydrogen-bond donors (Lipinski definition) is 1. The van der Waals surface area contributed by atoms with Gasteiger partial charge in [0.25, 0.3) is 0 Å². The maximum Gasteiger partial charge on any atom is 0.311 e. The predicted octanol–water partition coefficient (Wildman–Crippen LogP) is 0.952. The summed E-state index contributed by atoms with van der Waals surface area (Å²) in [5.74, 6) is -0.860. The van der Waals surface area contributed by atoms with Crippen molar-refractivity contribution in [2.24, 2.45) is 11.3 Å². The molecule has 0 aromatic heterocycles. The van der Waals surface area contributed by atoms with E-state index in [-0.39, 0.29) is 11.8 Å². The number of carbonyl (C=O) groups is 2. The Morgan fingerprint density at radius 1 is 1.25 bits per heavy atom. The van der Waals surface area contributed by atoms with Gasteiger partial charge >= 0.3 is 5.97 Å². The monoisotopic (exact) mass is 330 g/mol. The third kappa shape index (κ3) is 2.50. The smallest absolute Gasteiger partial charge is 0.311 e. The summed E-state index contributed by atoms with van der Waals surface area (Å²) < 4.78 is 5.45. The molecule has 1 N–H and O–H groups in total. The summed E-state index contributed by atoms with van der Waals surface area (Å²) in [6.07, 6.45) is 0.492. The average Bonchev–Trinajstić information content (AvgIpc) is 3.16. The van der Waals surface area contributed by atoms with Crippen LogP contribution in [0, 0.1) is 11.3 Å². The lowest BCUT2D eigenvalue weighted by Crippen LogP contribution is -2.45. The van der Waals surface area contributed by atoms with Crippen LogP contribution in [0.15, 0.2) is 24.3 Å². The summed E-state index contributed by atoms with van der Waals surface area (Å²) in [4.78, 5) is 28.4. The molecule has 24 heavy (non-hydrogen) atoms. The van der Waals surface area contributed by atoms with Gasteiger partial charge in [-0.05, 0) is 17.5 Å². The van der Waals surface area contributed by atoms with Crippen LogP contribution in [-0.2, 0) is 27.4 Å². The minimum Gasteiger partial charge on any atom is -0.481 e. The number of benzene rings is 1. The molecule has 2 saturated heterocycles. The summed E-state index contributed by atoms with van der Waals surface area (Å²) in [6.45, 7) is 3.62. The van der Waals surface area contributed by atoms with E-state index >= 15 is 0 Å². The van der Waals surface area contributed by atoms with E-state index in [0.717, 1.165) is 13.1 Å². The summed E-state index contributed by atoms with van der Waals surface area (Å²) in [5.41, 5.74) is 1.73. The molecule has 0 saturated carbocycles. The highest BCUT2D eigenvalue weighted by Crippen LogP contribution is 2.42. The minimum atomic E-state index is -0.818. The molecule has 3 aliphatic rings. The second-order valence-corrected chi connectivity index (χ2v) is 7.17. The molecular formula is C18H22N2O4. The Kier molecular flexibility index (Phi) is 3.81. The molecule has 0 aliphatic carbocycles. The molecule has 1 amide bonds. The van der Waals surface area contributed by atoms with Crippen LogP contribution < -0.4 is 0 Å². The predicted molar refractivity (Wildman–Crippen MR) is 86.1 cm³/mol. The van der Waals surface area contributed by atoms with E-state index < -0.39 is 11.4 Å². The average molecular weight is 330 g/mol.